The maximum atomic E-state index is 11.8. The summed E-state index contributed by atoms with van der Waals surface area (Å²) in [6.07, 6.45) is 0. The Bertz CT molecular complexity index is 636. The number of ketones is 1. The van der Waals surface area contributed by atoms with Crippen molar-refractivity contribution in [3.05, 3.63) is 69.7 Å². The standard InChI is InChI=1S/C15H10Cl2O3/c16-12-6-4-10(5-7-12)14(18)9-20-15(19)11-2-1-3-13(17)8-11/h1-8H,9H2. The van der Waals surface area contributed by atoms with Gasteiger partial charge in [0, 0.05) is 15.6 Å². The molecule has 0 spiro atoms. The van der Waals surface area contributed by atoms with Gasteiger partial charge in [-0.15, -0.1) is 0 Å². The first-order chi connectivity index (χ1) is 9.56. The number of carbonyl (C=O) groups is 2. The van der Waals surface area contributed by atoms with Gasteiger partial charge in [0.1, 0.15) is 0 Å². The molecule has 0 heterocycles. The quantitative estimate of drug-likeness (QED) is 0.632. The third-order valence-corrected chi connectivity index (χ3v) is 3.05. The molecule has 0 atom stereocenters. The van der Waals surface area contributed by atoms with Crippen LogP contribution in [0.1, 0.15) is 20.7 Å². The van der Waals surface area contributed by atoms with E-state index in [0.717, 1.165) is 0 Å². The highest BCUT2D eigenvalue weighted by molar-refractivity contribution is 6.31. The Labute approximate surface area is 126 Å². The zero-order chi connectivity index (χ0) is 14.5. The molecule has 0 saturated carbocycles. The fourth-order valence-electron chi connectivity index (χ4n) is 1.55. The van der Waals surface area contributed by atoms with E-state index in [1.807, 2.05) is 0 Å². The minimum atomic E-state index is -0.588. The summed E-state index contributed by atoms with van der Waals surface area (Å²) >= 11 is 11.5. The molecule has 0 aliphatic rings. The number of hydrogen-bond acceptors (Lipinski definition) is 3. The van der Waals surface area contributed by atoms with Crippen molar-refractivity contribution in [3.63, 3.8) is 0 Å². The third kappa shape index (κ3) is 3.83. The lowest BCUT2D eigenvalue weighted by atomic mass is 10.1. The average molecular weight is 309 g/mol. The summed E-state index contributed by atoms with van der Waals surface area (Å²) in [6, 6.07) is 12.7. The molecule has 0 aromatic heterocycles. The molecule has 102 valence electrons. The summed E-state index contributed by atoms with van der Waals surface area (Å²) < 4.78 is 4.95. The zero-order valence-electron chi connectivity index (χ0n) is 10.3. The van der Waals surface area contributed by atoms with Gasteiger partial charge in [0.05, 0.1) is 5.56 Å². The van der Waals surface area contributed by atoms with Gasteiger partial charge >= 0.3 is 5.97 Å². The smallest absolute Gasteiger partial charge is 0.338 e. The lowest BCUT2D eigenvalue weighted by Gasteiger charge is -2.05. The average Bonchev–Trinajstić information content (AvgIpc) is 2.45. The van der Waals surface area contributed by atoms with E-state index in [1.54, 1.807) is 42.5 Å². The van der Waals surface area contributed by atoms with Gasteiger partial charge in [0.2, 0.25) is 0 Å². The molecule has 0 aliphatic heterocycles. The Morgan fingerprint density at radius 1 is 0.900 bits per heavy atom. The lowest BCUT2D eigenvalue weighted by molar-refractivity contribution is 0.0475. The van der Waals surface area contributed by atoms with Crippen molar-refractivity contribution in [2.45, 2.75) is 0 Å². The van der Waals surface area contributed by atoms with E-state index in [1.165, 1.54) is 6.07 Å². The van der Waals surface area contributed by atoms with Crippen molar-refractivity contribution in [1.82, 2.24) is 0 Å². The summed E-state index contributed by atoms with van der Waals surface area (Å²) in [6.45, 7) is -0.326. The summed E-state index contributed by atoms with van der Waals surface area (Å²) in [7, 11) is 0. The molecule has 0 N–H and O–H groups in total. The van der Waals surface area contributed by atoms with Crippen LogP contribution in [-0.2, 0) is 4.74 Å². The Morgan fingerprint density at radius 2 is 1.60 bits per heavy atom. The first-order valence-corrected chi connectivity index (χ1v) is 6.53. The van der Waals surface area contributed by atoms with E-state index >= 15 is 0 Å². The zero-order valence-corrected chi connectivity index (χ0v) is 11.8. The van der Waals surface area contributed by atoms with Crippen LogP contribution >= 0.6 is 23.2 Å². The van der Waals surface area contributed by atoms with Crippen LogP contribution < -0.4 is 0 Å². The Kier molecular flexibility index (Phi) is 4.77. The van der Waals surface area contributed by atoms with Crippen molar-refractivity contribution < 1.29 is 14.3 Å². The molecule has 2 aromatic carbocycles. The Balaban J connectivity index is 1.96. The molecule has 0 fully saturated rings. The first-order valence-electron chi connectivity index (χ1n) is 5.78. The van der Waals surface area contributed by atoms with Crippen molar-refractivity contribution in [2.75, 3.05) is 6.61 Å². The van der Waals surface area contributed by atoms with Crippen molar-refractivity contribution in [3.8, 4) is 0 Å². The highest BCUT2D eigenvalue weighted by Gasteiger charge is 2.12. The lowest BCUT2D eigenvalue weighted by Crippen LogP contribution is -2.14. The third-order valence-electron chi connectivity index (χ3n) is 2.56. The number of rotatable bonds is 4. The van der Waals surface area contributed by atoms with Crippen molar-refractivity contribution >= 4 is 35.0 Å². The van der Waals surface area contributed by atoms with Gasteiger partial charge in [-0.3, -0.25) is 4.79 Å². The maximum absolute atomic E-state index is 11.8. The largest absolute Gasteiger partial charge is 0.454 e. The fourth-order valence-corrected chi connectivity index (χ4v) is 1.87. The predicted octanol–water partition coefficient (Wildman–Crippen LogP) is 4.03. The topological polar surface area (TPSA) is 43.4 Å². The molecule has 0 saturated heterocycles. The SMILES string of the molecule is O=C(COC(=O)c1cccc(Cl)c1)c1ccc(Cl)cc1. The summed E-state index contributed by atoms with van der Waals surface area (Å²) in [5, 5.41) is 0.973. The molecule has 2 rings (SSSR count). The summed E-state index contributed by atoms with van der Waals surface area (Å²) in [5.41, 5.74) is 0.745. The van der Waals surface area contributed by atoms with E-state index in [4.69, 9.17) is 27.9 Å². The second kappa shape index (κ2) is 6.55. The minimum Gasteiger partial charge on any atom is -0.454 e. The number of hydrogen-bond donors (Lipinski definition) is 0. The number of benzene rings is 2. The van der Waals surface area contributed by atoms with Gasteiger partial charge in [0.15, 0.2) is 12.4 Å². The second-order valence-corrected chi connectivity index (χ2v) is 4.89. The van der Waals surface area contributed by atoms with Gasteiger partial charge in [-0.25, -0.2) is 4.79 Å². The molecule has 20 heavy (non-hydrogen) atoms. The van der Waals surface area contributed by atoms with Gasteiger partial charge in [-0.05, 0) is 42.5 Å². The van der Waals surface area contributed by atoms with E-state index in [-0.39, 0.29) is 12.4 Å². The number of Topliss-reactive ketones (excluding diaryl/α,β-unsaturated/α-hetero) is 1. The first kappa shape index (κ1) is 14.6. The molecular formula is C15H10Cl2O3. The number of ether oxygens (including phenoxy) is 1. The van der Waals surface area contributed by atoms with Crippen LogP contribution in [0.4, 0.5) is 0 Å². The maximum Gasteiger partial charge on any atom is 0.338 e. The molecule has 0 aliphatic carbocycles. The molecule has 5 heteroatoms. The van der Waals surface area contributed by atoms with Crippen LogP contribution in [0.25, 0.3) is 0 Å². The van der Waals surface area contributed by atoms with E-state index in [2.05, 4.69) is 0 Å². The monoisotopic (exact) mass is 308 g/mol. The molecule has 0 amide bonds. The van der Waals surface area contributed by atoms with E-state index < -0.39 is 5.97 Å². The van der Waals surface area contributed by atoms with Crippen LogP contribution in [0.3, 0.4) is 0 Å². The van der Waals surface area contributed by atoms with Crippen LogP contribution in [0.15, 0.2) is 48.5 Å². The van der Waals surface area contributed by atoms with Crippen LogP contribution in [0.5, 0.6) is 0 Å². The predicted molar refractivity (Wildman–Crippen MR) is 77.5 cm³/mol. The van der Waals surface area contributed by atoms with E-state index in [0.29, 0.717) is 21.2 Å². The summed E-state index contributed by atoms with van der Waals surface area (Å²) in [5.74, 6) is -0.883. The van der Waals surface area contributed by atoms with E-state index in [9.17, 15) is 9.59 Å². The van der Waals surface area contributed by atoms with Crippen molar-refractivity contribution in [1.29, 1.82) is 0 Å². The molecular weight excluding hydrogens is 299 g/mol. The van der Waals surface area contributed by atoms with Crippen LogP contribution in [0.2, 0.25) is 10.0 Å². The van der Waals surface area contributed by atoms with Gasteiger partial charge in [-0.1, -0.05) is 29.3 Å². The fraction of sp³-hybridized carbons (Fsp3) is 0.0667. The number of carbonyl (C=O) groups excluding carboxylic acids is 2. The molecule has 0 unspecified atom stereocenters. The number of halogens is 2. The van der Waals surface area contributed by atoms with Crippen LogP contribution in [0, 0.1) is 0 Å². The molecule has 0 radical (unpaired) electrons. The molecule has 2 aromatic rings. The Hall–Kier alpha value is -1.84. The normalized spacial score (nSPS) is 10.1. The van der Waals surface area contributed by atoms with Gasteiger partial charge in [-0.2, -0.15) is 0 Å². The summed E-state index contributed by atoms with van der Waals surface area (Å²) in [4.78, 5) is 23.5. The van der Waals surface area contributed by atoms with Gasteiger partial charge < -0.3 is 4.74 Å². The minimum absolute atomic E-state index is 0.294. The number of esters is 1. The highest BCUT2D eigenvalue weighted by Crippen LogP contribution is 2.13. The van der Waals surface area contributed by atoms with Gasteiger partial charge in [0.25, 0.3) is 0 Å². The molecule has 3 nitrogen and oxygen atoms in total. The second-order valence-electron chi connectivity index (χ2n) is 4.02. The molecule has 0 bridgehead atoms. The Morgan fingerprint density at radius 3 is 2.25 bits per heavy atom. The van der Waals surface area contributed by atoms with Crippen molar-refractivity contribution in [2.24, 2.45) is 0 Å². The highest BCUT2D eigenvalue weighted by atomic mass is 35.5. The van der Waals surface area contributed by atoms with Crippen LogP contribution in [-0.4, -0.2) is 18.4 Å².